The van der Waals surface area contributed by atoms with E-state index in [4.69, 9.17) is 4.52 Å². The van der Waals surface area contributed by atoms with E-state index in [0.717, 1.165) is 33.5 Å². The van der Waals surface area contributed by atoms with Crippen LogP contribution in [0.5, 0.6) is 0 Å². The lowest BCUT2D eigenvalue weighted by molar-refractivity contribution is -0.145. The molecular weight excluding hydrogens is 475 g/mol. The topological polar surface area (TPSA) is 93.9 Å². The maximum atomic E-state index is 13.7. The molecule has 0 radical (unpaired) electrons. The Labute approximate surface area is 216 Å². The molecule has 0 unspecified atom stereocenters. The number of hydrazine groups is 1. The SMILES string of the molecule is Cc1cc2onc(C)c2cc1N(CC(=O)NCCNC(C)C)CC(=O)N(C)N1Cc2ccc(F)cc2C1. The molecule has 1 aliphatic rings. The summed E-state index contributed by atoms with van der Waals surface area (Å²) in [5.41, 5.74) is 4.91. The van der Waals surface area contributed by atoms with Gasteiger partial charge in [0.25, 0.3) is 5.91 Å². The van der Waals surface area contributed by atoms with Crippen LogP contribution in [0, 0.1) is 19.7 Å². The molecule has 37 heavy (non-hydrogen) atoms. The number of benzene rings is 2. The van der Waals surface area contributed by atoms with Crippen LogP contribution in [0.1, 0.15) is 36.2 Å². The van der Waals surface area contributed by atoms with E-state index in [1.54, 1.807) is 23.0 Å². The van der Waals surface area contributed by atoms with Gasteiger partial charge in [0.15, 0.2) is 5.58 Å². The van der Waals surface area contributed by atoms with Gasteiger partial charge in [0.05, 0.1) is 18.8 Å². The number of aryl methyl sites for hydroxylation is 2. The number of anilines is 1. The fourth-order valence-corrected chi connectivity index (χ4v) is 4.53. The van der Waals surface area contributed by atoms with E-state index in [2.05, 4.69) is 15.8 Å². The molecule has 0 saturated carbocycles. The predicted octanol–water partition coefficient (Wildman–Crippen LogP) is 2.89. The Morgan fingerprint density at radius 1 is 1.11 bits per heavy atom. The minimum atomic E-state index is -0.287. The molecule has 0 bridgehead atoms. The number of fused-ring (bicyclic) bond motifs is 2. The van der Waals surface area contributed by atoms with Gasteiger partial charge in [-0.05, 0) is 54.8 Å². The monoisotopic (exact) mass is 510 g/mol. The Balaban J connectivity index is 1.51. The van der Waals surface area contributed by atoms with Crippen molar-refractivity contribution in [3.8, 4) is 0 Å². The molecule has 3 aromatic rings. The molecule has 1 aliphatic heterocycles. The Morgan fingerprint density at radius 2 is 1.86 bits per heavy atom. The number of carbonyl (C=O) groups is 2. The summed E-state index contributed by atoms with van der Waals surface area (Å²) in [6, 6.07) is 8.84. The van der Waals surface area contributed by atoms with E-state index < -0.39 is 0 Å². The fraction of sp³-hybridized carbons (Fsp3) is 0.444. The molecule has 10 heteroatoms. The zero-order valence-electron chi connectivity index (χ0n) is 22.1. The summed E-state index contributed by atoms with van der Waals surface area (Å²) in [5, 5.41) is 14.5. The van der Waals surface area contributed by atoms with Gasteiger partial charge in [-0.15, -0.1) is 0 Å². The summed E-state index contributed by atoms with van der Waals surface area (Å²) in [6.07, 6.45) is 0. The zero-order chi connectivity index (χ0) is 26.7. The van der Waals surface area contributed by atoms with Crippen molar-refractivity contribution in [2.75, 3.05) is 38.1 Å². The highest BCUT2D eigenvalue weighted by molar-refractivity contribution is 5.90. The van der Waals surface area contributed by atoms with Gasteiger partial charge >= 0.3 is 0 Å². The number of likely N-dealkylation sites (N-methyl/N-ethyl adjacent to an activating group) is 1. The molecule has 198 valence electrons. The molecule has 2 heterocycles. The van der Waals surface area contributed by atoms with E-state index in [9.17, 15) is 14.0 Å². The highest BCUT2D eigenvalue weighted by atomic mass is 19.1. The summed E-state index contributed by atoms with van der Waals surface area (Å²) in [5.74, 6) is -0.638. The van der Waals surface area contributed by atoms with Gasteiger partial charge in [-0.2, -0.15) is 0 Å². The van der Waals surface area contributed by atoms with Gasteiger partial charge in [-0.25, -0.2) is 9.40 Å². The number of halogens is 1. The quantitative estimate of drug-likeness (QED) is 0.405. The number of nitrogens with one attached hydrogen (secondary N) is 2. The number of hydrogen-bond donors (Lipinski definition) is 2. The van der Waals surface area contributed by atoms with E-state index in [-0.39, 0.29) is 30.7 Å². The second-order valence-corrected chi connectivity index (χ2v) is 9.87. The number of rotatable bonds is 10. The molecule has 2 amide bonds. The van der Waals surface area contributed by atoms with Crippen LogP contribution < -0.4 is 15.5 Å². The van der Waals surface area contributed by atoms with Gasteiger partial charge < -0.3 is 20.1 Å². The van der Waals surface area contributed by atoms with Crippen LogP contribution in [0.2, 0.25) is 0 Å². The molecule has 9 nitrogen and oxygen atoms in total. The van der Waals surface area contributed by atoms with E-state index in [1.807, 2.05) is 44.8 Å². The smallest absolute Gasteiger partial charge is 0.256 e. The number of hydrogen-bond acceptors (Lipinski definition) is 7. The standard InChI is InChI=1S/C27H35FN6O3/c1-17(2)29-8-9-30-26(35)15-33(24-12-23-19(4)31-37-25(23)10-18(24)3)16-27(36)32(5)34-13-20-6-7-22(28)11-21(20)14-34/h6-7,10-12,17,29H,8-9,13-16H2,1-5H3,(H,30,35). The van der Waals surface area contributed by atoms with Crippen molar-refractivity contribution in [1.82, 2.24) is 25.8 Å². The van der Waals surface area contributed by atoms with Crippen molar-refractivity contribution >= 4 is 28.5 Å². The highest BCUT2D eigenvalue weighted by Gasteiger charge is 2.27. The minimum absolute atomic E-state index is 0.00789. The second kappa shape index (κ2) is 11.3. The molecule has 0 spiro atoms. The third kappa shape index (κ3) is 6.26. The summed E-state index contributed by atoms with van der Waals surface area (Å²) in [6.45, 7) is 10.0. The summed E-state index contributed by atoms with van der Waals surface area (Å²) in [4.78, 5) is 28.1. The predicted molar refractivity (Wildman–Crippen MR) is 140 cm³/mol. The average Bonchev–Trinajstić information content (AvgIpc) is 3.43. The van der Waals surface area contributed by atoms with Crippen LogP contribution in [-0.4, -0.2) is 66.3 Å². The first-order valence-corrected chi connectivity index (χ1v) is 12.5. The van der Waals surface area contributed by atoms with Crippen molar-refractivity contribution < 1.29 is 18.5 Å². The van der Waals surface area contributed by atoms with E-state index in [0.29, 0.717) is 37.8 Å². The van der Waals surface area contributed by atoms with E-state index in [1.165, 1.54) is 12.1 Å². The van der Waals surface area contributed by atoms with Gasteiger partial charge in [0, 0.05) is 50.3 Å². The van der Waals surface area contributed by atoms with Crippen LogP contribution >= 0.6 is 0 Å². The van der Waals surface area contributed by atoms with Gasteiger partial charge in [-0.3, -0.25) is 14.6 Å². The third-order valence-electron chi connectivity index (χ3n) is 6.63. The molecule has 0 fully saturated rings. The van der Waals surface area contributed by atoms with Crippen molar-refractivity contribution in [3.63, 3.8) is 0 Å². The normalized spacial score (nSPS) is 13.3. The number of amides is 2. The van der Waals surface area contributed by atoms with Crippen molar-refractivity contribution in [2.45, 2.75) is 46.8 Å². The van der Waals surface area contributed by atoms with Crippen molar-refractivity contribution in [1.29, 1.82) is 0 Å². The first-order valence-electron chi connectivity index (χ1n) is 12.5. The van der Waals surface area contributed by atoms with Gasteiger partial charge in [0.2, 0.25) is 5.91 Å². The molecule has 0 saturated heterocycles. The maximum Gasteiger partial charge on any atom is 0.256 e. The van der Waals surface area contributed by atoms with Crippen molar-refractivity contribution in [2.24, 2.45) is 0 Å². The molecule has 0 atom stereocenters. The molecule has 0 aliphatic carbocycles. The Kier molecular flexibility index (Phi) is 8.09. The number of aromatic nitrogens is 1. The average molecular weight is 511 g/mol. The first kappa shape index (κ1) is 26.6. The molecule has 1 aromatic heterocycles. The number of carbonyl (C=O) groups excluding carboxylic acids is 2. The molecule has 2 N–H and O–H groups in total. The van der Waals surface area contributed by atoms with Crippen molar-refractivity contribution in [3.05, 3.63) is 58.5 Å². The second-order valence-electron chi connectivity index (χ2n) is 9.87. The molecule has 2 aromatic carbocycles. The van der Waals surface area contributed by atoms with Gasteiger partial charge in [-0.1, -0.05) is 25.1 Å². The van der Waals surface area contributed by atoms with Crippen LogP contribution in [0.25, 0.3) is 11.0 Å². The first-order chi connectivity index (χ1) is 17.6. The zero-order valence-corrected chi connectivity index (χ0v) is 22.1. The third-order valence-corrected chi connectivity index (χ3v) is 6.63. The van der Waals surface area contributed by atoms with E-state index >= 15 is 0 Å². The lowest BCUT2D eigenvalue weighted by Gasteiger charge is -2.32. The molecular formula is C27H35FN6O3. The summed E-state index contributed by atoms with van der Waals surface area (Å²) in [7, 11) is 1.71. The largest absolute Gasteiger partial charge is 0.356 e. The van der Waals surface area contributed by atoms with Crippen LogP contribution in [0.3, 0.4) is 0 Å². The minimum Gasteiger partial charge on any atom is -0.356 e. The Bertz CT molecular complexity index is 1290. The van der Waals surface area contributed by atoms with Crippen LogP contribution in [0.15, 0.2) is 34.9 Å². The Hall–Kier alpha value is -3.50. The van der Waals surface area contributed by atoms with Gasteiger partial charge in [0.1, 0.15) is 5.82 Å². The van der Waals surface area contributed by atoms with Crippen LogP contribution in [-0.2, 0) is 22.7 Å². The lowest BCUT2D eigenvalue weighted by Crippen LogP contribution is -2.48. The number of nitrogens with zero attached hydrogens (tertiary/aromatic N) is 4. The fourth-order valence-electron chi connectivity index (χ4n) is 4.53. The highest BCUT2D eigenvalue weighted by Crippen LogP contribution is 2.29. The Morgan fingerprint density at radius 3 is 2.62 bits per heavy atom. The van der Waals surface area contributed by atoms with Crippen LogP contribution in [0.4, 0.5) is 10.1 Å². The summed E-state index contributed by atoms with van der Waals surface area (Å²) < 4.78 is 19.1. The summed E-state index contributed by atoms with van der Waals surface area (Å²) >= 11 is 0. The lowest BCUT2D eigenvalue weighted by atomic mass is 10.1. The molecule has 4 rings (SSSR count). The maximum absolute atomic E-state index is 13.7.